The Bertz CT molecular complexity index is 575. The first kappa shape index (κ1) is 15.6. The first-order valence-corrected chi connectivity index (χ1v) is 7.74. The molecule has 2 heterocycles. The van der Waals surface area contributed by atoms with E-state index in [2.05, 4.69) is 15.4 Å². The monoisotopic (exact) mass is 323 g/mol. The van der Waals surface area contributed by atoms with Gasteiger partial charge in [-0.05, 0) is 30.6 Å². The summed E-state index contributed by atoms with van der Waals surface area (Å²) in [5.74, 6) is 1.83. The summed E-state index contributed by atoms with van der Waals surface area (Å²) in [7, 11) is 1.74. The molecule has 1 aliphatic carbocycles. The van der Waals surface area contributed by atoms with Crippen LogP contribution in [0.4, 0.5) is 9.59 Å². The van der Waals surface area contributed by atoms with Gasteiger partial charge in [-0.25, -0.2) is 14.6 Å². The summed E-state index contributed by atoms with van der Waals surface area (Å²) in [5, 5.41) is 15.7. The Hall–Kier alpha value is -2.32. The number of carboxylic acid groups (broad SMARTS) is 1. The van der Waals surface area contributed by atoms with Gasteiger partial charge in [0, 0.05) is 26.7 Å². The number of hydrogen-bond donors (Lipinski definition) is 2. The molecule has 2 aliphatic rings. The van der Waals surface area contributed by atoms with Crippen molar-refractivity contribution in [2.24, 2.45) is 24.8 Å². The van der Waals surface area contributed by atoms with Crippen LogP contribution < -0.4 is 5.32 Å². The molecule has 1 aromatic heterocycles. The van der Waals surface area contributed by atoms with Gasteiger partial charge in [0.05, 0.1) is 0 Å². The van der Waals surface area contributed by atoms with Gasteiger partial charge in [0.15, 0.2) is 12.4 Å². The molecule has 1 aliphatic heterocycles. The number of likely N-dealkylation sites (tertiary alicyclic amines) is 1. The summed E-state index contributed by atoms with van der Waals surface area (Å²) >= 11 is 0. The molecule has 0 radical (unpaired) electrons. The fraction of sp³-hybridized carbons (Fsp3) is 0.714. The Morgan fingerprint density at radius 1 is 1.39 bits per heavy atom. The molecular weight excluding hydrogens is 302 g/mol. The molecule has 126 valence electrons. The third-order valence-electron chi connectivity index (χ3n) is 4.79. The minimum Gasteiger partial charge on any atom is -0.465 e. The van der Waals surface area contributed by atoms with E-state index in [1.165, 1.54) is 11.2 Å². The highest BCUT2D eigenvalue weighted by molar-refractivity contribution is 5.67. The van der Waals surface area contributed by atoms with Gasteiger partial charge >= 0.3 is 12.2 Å². The van der Waals surface area contributed by atoms with Crippen LogP contribution in [0.5, 0.6) is 0 Å². The second kappa shape index (κ2) is 6.43. The van der Waals surface area contributed by atoms with Crippen molar-refractivity contribution < 1.29 is 19.4 Å². The van der Waals surface area contributed by atoms with Gasteiger partial charge < -0.3 is 20.1 Å². The van der Waals surface area contributed by atoms with E-state index in [9.17, 15) is 9.59 Å². The van der Waals surface area contributed by atoms with E-state index in [0.29, 0.717) is 43.2 Å². The molecule has 2 N–H and O–H groups in total. The number of aromatic nitrogens is 3. The molecule has 0 bridgehead atoms. The molecule has 9 nitrogen and oxygen atoms in total. The van der Waals surface area contributed by atoms with Gasteiger partial charge in [-0.2, -0.15) is 5.10 Å². The predicted molar refractivity (Wildman–Crippen MR) is 78.5 cm³/mol. The van der Waals surface area contributed by atoms with Crippen LogP contribution in [0.3, 0.4) is 0 Å². The Labute approximate surface area is 133 Å². The van der Waals surface area contributed by atoms with Crippen molar-refractivity contribution >= 4 is 12.2 Å². The average Bonchev–Trinajstić information content (AvgIpc) is 3.17. The van der Waals surface area contributed by atoms with E-state index < -0.39 is 12.2 Å². The zero-order valence-electron chi connectivity index (χ0n) is 13.0. The highest BCUT2D eigenvalue weighted by atomic mass is 16.5. The zero-order valence-corrected chi connectivity index (χ0v) is 13.0. The summed E-state index contributed by atoms with van der Waals surface area (Å²) in [6.45, 7) is 1.89. The van der Waals surface area contributed by atoms with Gasteiger partial charge in [-0.3, -0.25) is 4.68 Å². The van der Waals surface area contributed by atoms with Gasteiger partial charge in [0.2, 0.25) is 0 Å². The van der Waals surface area contributed by atoms with Gasteiger partial charge in [-0.1, -0.05) is 0 Å². The van der Waals surface area contributed by atoms with Crippen LogP contribution in [0, 0.1) is 17.8 Å². The number of alkyl carbamates (subject to hydrolysis) is 1. The molecule has 0 aromatic carbocycles. The molecule has 9 heteroatoms. The van der Waals surface area contributed by atoms with Crippen molar-refractivity contribution in [2.75, 3.05) is 19.6 Å². The normalized spacial score (nSPS) is 26.1. The zero-order chi connectivity index (χ0) is 16.4. The van der Waals surface area contributed by atoms with Crippen molar-refractivity contribution in [2.45, 2.75) is 19.4 Å². The number of rotatable bonds is 4. The number of nitrogens with zero attached hydrogens (tertiary/aromatic N) is 4. The number of hydrogen-bond acceptors (Lipinski definition) is 5. The fourth-order valence-corrected chi connectivity index (χ4v) is 3.61. The van der Waals surface area contributed by atoms with E-state index in [4.69, 9.17) is 9.84 Å². The molecular formula is C14H21N5O4. The number of ether oxygens (including phenoxy) is 1. The second-order valence-electron chi connectivity index (χ2n) is 6.30. The van der Waals surface area contributed by atoms with Crippen molar-refractivity contribution in [1.29, 1.82) is 0 Å². The first-order chi connectivity index (χ1) is 11.0. The van der Waals surface area contributed by atoms with E-state index in [1.807, 2.05) is 0 Å². The molecule has 3 rings (SSSR count). The standard InChI is InChI=1S/C14H21N5O4/c1-18-12(16-8-17-18)7-23-13(20)15-4-9-2-10-5-19(14(21)22)6-11(10)3-9/h8-11H,2-7H2,1H3,(H,15,20)(H,21,22)/t9-,10-,11+. The largest absolute Gasteiger partial charge is 0.465 e. The molecule has 23 heavy (non-hydrogen) atoms. The third kappa shape index (κ3) is 3.54. The highest BCUT2D eigenvalue weighted by Crippen LogP contribution is 2.41. The summed E-state index contributed by atoms with van der Waals surface area (Å²) in [6.07, 6.45) is 2.03. The number of amides is 2. The van der Waals surface area contributed by atoms with Crippen LogP contribution in [0.1, 0.15) is 18.7 Å². The van der Waals surface area contributed by atoms with Crippen LogP contribution in [0.15, 0.2) is 6.33 Å². The van der Waals surface area contributed by atoms with Gasteiger partial charge in [-0.15, -0.1) is 0 Å². The maximum Gasteiger partial charge on any atom is 0.407 e. The van der Waals surface area contributed by atoms with Crippen LogP contribution in [-0.4, -0.2) is 56.6 Å². The molecule has 2 amide bonds. The first-order valence-electron chi connectivity index (χ1n) is 7.74. The van der Waals surface area contributed by atoms with Gasteiger partial charge in [0.1, 0.15) is 6.33 Å². The molecule has 1 saturated carbocycles. The lowest BCUT2D eigenvalue weighted by atomic mass is 10.0. The summed E-state index contributed by atoms with van der Waals surface area (Å²) in [6, 6.07) is 0. The van der Waals surface area contributed by atoms with Crippen molar-refractivity contribution in [3.8, 4) is 0 Å². The summed E-state index contributed by atoms with van der Waals surface area (Å²) in [5.41, 5.74) is 0. The van der Waals surface area contributed by atoms with E-state index in [1.54, 1.807) is 11.7 Å². The maximum absolute atomic E-state index is 11.7. The minimum absolute atomic E-state index is 0.0891. The summed E-state index contributed by atoms with van der Waals surface area (Å²) in [4.78, 5) is 28.2. The Kier molecular flexibility index (Phi) is 4.35. The number of nitrogens with one attached hydrogen (secondary N) is 1. The molecule has 2 fully saturated rings. The van der Waals surface area contributed by atoms with Crippen LogP contribution >= 0.6 is 0 Å². The fourth-order valence-electron chi connectivity index (χ4n) is 3.61. The second-order valence-corrected chi connectivity index (χ2v) is 6.30. The predicted octanol–water partition coefficient (Wildman–Crippen LogP) is 0.677. The van der Waals surface area contributed by atoms with Crippen molar-refractivity contribution in [3.05, 3.63) is 12.2 Å². The molecule has 3 atom stereocenters. The molecule has 1 saturated heterocycles. The number of aryl methyl sites for hydroxylation is 1. The highest BCUT2D eigenvalue weighted by Gasteiger charge is 2.42. The number of carbonyl (C=O) groups excluding carboxylic acids is 1. The van der Waals surface area contributed by atoms with Crippen molar-refractivity contribution in [1.82, 2.24) is 25.0 Å². The number of carbonyl (C=O) groups is 2. The number of fused-ring (bicyclic) bond motifs is 1. The van der Waals surface area contributed by atoms with E-state index in [0.717, 1.165) is 12.8 Å². The van der Waals surface area contributed by atoms with Gasteiger partial charge in [0.25, 0.3) is 0 Å². The summed E-state index contributed by atoms with van der Waals surface area (Å²) < 4.78 is 6.67. The Morgan fingerprint density at radius 2 is 2.09 bits per heavy atom. The Morgan fingerprint density at radius 3 is 2.65 bits per heavy atom. The van der Waals surface area contributed by atoms with Crippen molar-refractivity contribution in [3.63, 3.8) is 0 Å². The SMILES string of the molecule is Cn1ncnc1COC(=O)NC[C@@H]1C[C@@H]2CN(C(=O)O)C[C@@H]2C1. The smallest absolute Gasteiger partial charge is 0.407 e. The maximum atomic E-state index is 11.7. The van der Waals surface area contributed by atoms with E-state index in [-0.39, 0.29) is 6.61 Å². The molecule has 0 spiro atoms. The molecule has 0 unspecified atom stereocenters. The molecule has 1 aromatic rings. The average molecular weight is 323 g/mol. The van der Waals surface area contributed by atoms with Crippen LogP contribution in [0.25, 0.3) is 0 Å². The topological polar surface area (TPSA) is 110 Å². The van der Waals surface area contributed by atoms with Crippen LogP contribution in [-0.2, 0) is 18.4 Å². The van der Waals surface area contributed by atoms with Crippen LogP contribution in [0.2, 0.25) is 0 Å². The van der Waals surface area contributed by atoms with E-state index >= 15 is 0 Å². The lowest BCUT2D eigenvalue weighted by Crippen LogP contribution is -2.31. The lowest BCUT2D eigenvalue weighted by molar-refractivity contribution is 0.133. The minimum atomic E-state index is -0.832. The lowest BCUT2D eigenvalue weighted by Gasteiger charge is -2.16. The quantitative estimate of drug-likeness (QED) is 0.843. The Balaban J connectivity index is 1.36. The third-order valence-corrected chi connectivity index (χ3v) is 4.79.